The number of fused-ring (bicyclic) bond motifs is 10. The van der Waals surface area contributed by atoms with Crippen molar-refractivity contribution in [2.24, 2.45) is 11.3 Å². The van der Waals surface area contributed by atoms with E-state index in [1.807, 2.05) is 13.0 Å². The van der Waals surface area contributed by atoms with E-state index in [-0.39, 0.29) is 6.42 Å². The van der Waals surface area contributed by atoms with Crippen molar-refractivity contribution in [2.45, 2.75) is 77.9 Å². The van der Waals surface area contributed by atoms with E-state index in [4.69, 9.17) is 4.74 Å². The summed E-state index contributed by atoms with van der Waals surface area (Å²) in [6.45, 7) is 7.89. The molecular formula is C25H35NO7. The third kappa shape index (κ3) is 6.50. The van der Waals surface area contributed by atoms with Crippen molar-refractivity contribution in [3.63, 3.8) is 0 Å². The molecular weight excluding hydrogens is 426 g/mol. The number of rotatable bonds is 2. The zero-order valence-corrected chi connectivity index (χ0v) is 19.8. The minimum atomic E-state index is -1.74. The van der Waals surface area contributed by atoms with Gasteiger partial charge in [-0.05, 0) is 34.1 Å². The molecule has 3 rings (SSSR count). The maximum Gasteiger partial charge on any atom is 0.322 e. The summed E-state index contributed by atoms with van der Waals surface area (Å²) in [7, 11) is 0. The molecule has 1 amide bonds. The van der Waals surface area contributed by atoms with Gasteiger partial charge in [0.1, 0.15) is 17.6 Å². The highest BCUT2D eigenvalue weighted by Gasteiger charge is 2.56. The lowest BCUT2D eigenvalue weighted by Crippen LogP contribution is -2.61. The summed E-state index contributed by atoms with van der Waals surface area (Å²) in [6.07, 6.45) is 6.38. The summed E-state index contributed by atoms with van der Waals surface area (Å²) in [5.74, 6) is -2.70. The summed E-state index contributed by atoms with van der Waals surface area (Å²) >= 11 is 0. The SMILES string of the molecule is CC1=C/[C@@H](NC(=O)[C@H](C)O)[C@]2(C)C(=O)O[C@@H](C[C@H](O)/C=C\C(C)=C\C[C@H](O)\C=C\1)[C@H](C)C2=O. The Labute approximate surface area is 194 Å². The second-order valence-electron chi connectivity index (χ2n) is 9.14. The van der Waals surface area contributed by atoms with Crippen LogP contribution in [0.5, 0.6) is 0 Å². The van der Waals surface area contributed by atoms with Crippen LogP contribution in [0.3, 0.4) is 0 Å². The Balaban J connectivity index is 2.56. The number of hydrogen-bond acceptors (Lipinski definition) is 7. The van der Waals surface area contributed by atoms with Gasteiger partial charge >= 0.3 is 5.97 Å². The van der Waals surface area contributed by atoms with Crippen LogP contribution in [-0.2, 0) is 19.1 Å². The van der Waals surface area contributed by atoms with Gasteiger partial charge in [-0.3, -0.25) is 14.4 Å². The molecule has 33 heavy (non-hydrogen) atoms. The number of amides is 1. The van der Waals surface area contributed by atoms with E-state index < -0.39 is 59.5 Å². The minimum absolute atomic E-state index is 0.0439. The van der Waals surface area contributed by atoms with E-state index >= 15 is 0 Å². The van der Waals surface area contributed by atoms with Crippen molar-refractivity contribution in [1.82, 2.24) is 5.32 Å². The lowest BCUT2D eigenvalue weighted by molar-refractivity contribution is -0.181. The van der Waals surface area contributed by atoms with Crippen molar-refractivity contribution in [2.75, 3.05) is 0 Å². The summed E-state index contributed by atoms with van der Waals surface area (Å²) in [5, 5.41) is 32.9. The fourth-order valence-electron chi connectivity index (χ4n) is 3.88. The maximum atomic E-state index is 13.5. The fraction of sp³-hybridized carbons (Fsp3) is 0.560. The number of hydrogen-bond donors (Lipinski definition) is 4. The predicted octanol–water partition coefficient (Wildman–Crippen LogP) is 1.51. The van der Waals surface area contributed by atoms with Gasteiger partial charge < -0.3 is 25.4 Å². The van der Waals surface area contributed by atoms with Crippen LogP contribution in [0.1, 0.15) is 47.5 Å². The van der Waals surface area contributed by atoms with Crippen molar-refractivity contribution >= 4 is 17.7 Å². The molecule has 8 nitrogen and oxygen atoms in total. The molecule has 2 aliphatic heterocycles. The highest BCUT2D eigenvalue weighted by atomic mass is 16.5. The van der Waals surface area contributed by atoms with Gasteiger partial charge in [0.15, 0.2) is 5.78 Å². The smallest absolute Gasteiger partial charge is 0.322 e. The van der Waals surface area contributed by atoms with Crippen molar-refractivity contribution in [1.29, 1.82) is 0 Å². The van der Waals surface area contributed by atoms with E-state index in [1.165, 1.54) is 13.8 Å². The third-order valence-corrected chi connectivity index (χ3v) is 6.21. The predicted molar refractivity (Wildman–Crippen MR) is 123 cm³/mol. The molecule has 1 aliphatic carbocycles. The van der Waals surface area contributed by atoms with Crippen LogP contribution in [0.4, 0.5) is 0 Å². The van der Waals surface area contributed by atoms with Crippen LogP contribution < -0.4 is 5.32 Å². The normalized spacial score (nSPS) is 39.8. The molecule has 0 aromatic carbocycles. The first kappa shape index (κ1) is 26.7. The first-order valence-corrected chi connectivity index (χ1v) is 11.2. The minimum Gasteiger partial charge on any atom is -0.461 e. The Morgan fingerprint density at radius 2 is 1.76 bits per heavy atom. The van der Waals surface area contributed by atoms with Crippen molar-refractivity contribution in [3.8, 4) is 0 Å². The number of ketones is 1. The summed E-state index contributed by atoms with van der Waals surface area (Å²) in [6, 6.07) is -1.09. The van der Waals surface area contributed by atoms with Crippen LogP contribution in [0.15, 0.2) is 47.6 Å². The molecule has 1 saturated heterocycles. The Hall–Kier alpha value is -2.55. The molecule has 1 fully saturated rings. The van der Waals surface area contributed by atoms with Crippen molar-refractivity contribution in [3.05, 3.63) is 47.6 Å². The van der Waals surface area contributed by atoms with E-state index in [0.29, 0.717) is 12.0 Å². The fourth-order valence-corrected chi connectivity index (χ4v) is 3.88. The van der Waals surface area contributed by atoms with Crippen LogP contribution in [0.25, 0.3) is 0 Å². The van der Waals surface area contributed by atoms with Gasteiger partial charge in [-0.1, -0.05) is 54.5 Å². The molecule has 0 aromatic rings. The Morgan fingerprint density at radius 1 is 1.15 bits per heavy atom. The van der Waals surface area contributed by atoms with E-state index in [9.17, 15) is 29.7 Å². The number of carbonyl (C=O) groups excluding carboxylic acids is 3. The second-order valence-corrected chi connectivity index (χ2v) is 9.14. The zero-order valence-electron chi connectivity index (χ0n) is 19.8. The third-order valence-electron chi connectivity index (χ3n) is 6.21. The quantitative estimate of drug-likeness (QED) is 0.362. The lowest BCUT2D eigenvalue weighted by Gasteiger charge is -2.42. The topological polar surface area (TPSA) is 133 Å². The molecule has 2 heterocycles. The van der Waals surface area contributed by atoms with E-state index in [1.54, 1.807) is 44.2 Å². The molecule has 0 aromatic heterocycles. The number of nitrogens with one attached hydrogen (secondary N) is 1. The van der Waals surface area contributed by atoms with Gasteiger partial charge in [0.2, 0.25) is 5.91 Å². The molecule has 0 unspecified atom stereocenters. The highest BCUT2D eigenvalue weighted by Crippen LogP contribution is 2.38. The number of esters is 1. The standard InChI is InChI=1S/C25H35NO7/c1-14-6-9-18(28)10-8-15(2)12-21(26-23(31)17(4)27)25(5)22(30)16(3)20(33-24(25)32)13-19(29)11-7-14/h6-8,10-12,16-21,27-29H,9,13H2,1-5H3,(H,26,31)/b10-8+,11-7-,14-6+,15-12-/t16-,17-,18-,19+,20-,21+,25-/m0/s1. The molecule has 0 spiro atoms. The van der Waals surface area contributed by atoms with Gasteiger partial charge in [-0.2, -0.15) is 0 Å². The Bertz CT molecular complexity index is 885. The largest absolute Gasteiger partial charge is 0.461 e. The molecule has 0 saturated carbocycles. The molecule has 0 radical (unpaired) electrons. The number of carbonyl (C=O) groups is 3. The lowest BCUT2D eigenvalue weighted by atomic mass is 9.69. The average molecular weight is 462 g/mol. The van der Waals surface area contributed by atoms with E-state index in [2.05, 4.69) is 5.32 Å². The maximum absolute atomic E-state index is 13.5. The van der Waals surface area contributed by atoms with Crippen LogP contribution in [0, 0.1) is 11.3 Å². The molecule has 4 N–H and O–H groups in total. The van der Waals surface area contributed by atoms with Gasteiger partial charge in [-0.15, -0.1) is 0 Å². The Kier molecular flexibility index (Phi) is 8.94. The average Bonchev–Trinajstić information content (AvgIpc) is 2.75. The number of aliphatic hydroxyl groups excluding tert-OH is 3. The highest BCUT2D eigenvalue weighted by molar-refractivity contribution is 6.08. The van der Waals surface area contributed by atoms with Crippen molar-refractivity contribution < 1.29 is 34.4 Å². The molecule has 2 bridgehead atoms. The van der Waals surface area contributed by atoms with E-state index in [0.717, 1.165) is 5.57 Å². The van der Waals surface area contributed by atoms with Crippen LogP contribution in [-0.4, -0.2) is 63.4 Å². The summed E-state index contributed by atoms with van der Waals surface area (Å²) in [5.41, 5.74) is -0.292. The number of ether oxygens (including phenoxy) is 1. The molecule has 8 heteroatoms. The van der Waals surface area contributed by atoms with Crippen LogP contribution >= 0.6 is 0 Å². The number of aliphatic hydroxyl groups is 3. The Morgan fingerprint density at radius 3 is 2.39 bits per heavy atom. The molecule has 182 valence electrons. The van der Waals surface area contributed by atoms with Gasteiger partial charge in [0.25, 0.3) is 0 Å². The summed E-state index contributed by atoms with van der Waals surface area (Å²) in [4.78, 5) is 38.9. The first-order chi connectivity index (χ1) is 15.4. The monoisotopic (exact) mass is 461 g/mol. The zero-order chi connectivity index (χ0) is 24.9. The van der Waals surface area contributed by atoms with Gasteiger partial charge in [-0.25, -0.2) is 0 Å². The second kappa shape index (κ2) is 11.0. The van der Waals surface area contributed by atoms with Gasteiger partial charge in [0, 0.05) is 6.42 Å². The van der Waals surface area contributed by atoms with Crippen LogP contribution in [0.2, 0.25) is 0 Å². The van der Waals surface area contributed by atoms with Gasteiger partial charge in [0.05, 0.1) is 24.2 Å². The summed E-state index contributed by atoms with van der Waals surface area (Å²) < 4.78 is 5.61. The molecule has 7 atom stereocenters. The number of Topliss-reactive ketones (excluding diaryl/α,β-unsaturated/α-hetero) is 1. The molecule has 3 aliphatic rings. The number of allylic oxidation sites excluding steroid dienone is 4. The first-order valence-electron chi connectivity index (χ1n) is 11.2.